The highest BCUT2D eigenvalue weighted by Gasteiger charge is 2.60. The van der Waals surface area contributed by atoms with E-state index in [-0.39, 0.29) is 24.5 Å². The van der Waals surface area contributed by atoms with E-state index < -0.39 is 11.0 Å². The monoisotopic (exact) mass is 363 g/mol. The Labute approximate surface area is 156 Å². The van der Waals surface area contributed by atoms with E-state index in [2.05, 4.69) is 6.92 Å². The van der Waals surface area contributed by atoms with E-state index in [0.29, 0.717) is 18.3 Å². The smallest absolute Gasteiger partial charge is 0.312 e. The van der Waals surface area contributed by atoms with Crippen molar-refractivity contribution in [3.63, 3.8) is 0 Å². The molecule has 0 spiro atoms. The summed E-state index contributed by atoms with van der Waals surface area (Å²) in [5.74, 6) is 1.28. The molecule has 0 aromatic rings. The fraction of sp³-hybridized carbons (Fsp3) is 0.905. The van der Waals surface area contributed by atoms with Crippen molar-refractivity contribution in [1.29, 1.82) is 0 Å². The quantitative estimate of drug-likeness (QED) is 0.780. The maximum absolute atomic E-state index is 12.9. The molecule has 5 aliphatic rings. The Hall–Kier alpha value is -1.10. The molecular formula is C21H33NO4. The molecule has 26 heavy (non-hydrogen) atoms. The van der Waals surface area contributed by atoms with Crippen LogP contribution in [-0.2, 0) is 14.3 Å². The van der Waals surface area contributed by atoms with Crippen molar-refractivity contribution in [3.05, 3.63) is 0 Å². The standard InChI is InChI=1S/C21H33NO4/c1-14-3-5-17(6-4-14)22(2)18(23)12-26-19(24)20-8-15-7-16(9-20)11-21(25,10-15)13-20/h14-17,25H,3-13H2,1-2H3/t14?,15-,16+,17?,20?,21?. The topological polar surface area (TPSA) is 66.8 Å². The van der Waals surface area contributed by atoms with Crippen molar-refractivity contribution in [1.82, 2.24) is 4.90 Å². The first-order chi connectivity index (χ1) is 12.3. The van der Waals surface area contributed by atoms with Gasteiger partial charge in [-0.15, -0.1) is 0 Å². The molecule has 0 saturated heterocycles. The Morgan fingerprint density at radius 1 is 1.08 bits per heavy atom. The molecule has 0 aromatic heterocycles. The Balaban J connectivity index is 1.33. The Morgan fingerprint density at radius 2 is 1.69 bits per heavy atom. The summed E-state index contributed by atoms with van der Waals surface area (Å²) in [4.78, 5) is 27.2. The van der Waals surface area contributed by atoms with Gasteiger partial charge < -0.3 is 14.7 Å². The lowest BCUT2D eigenvalue weighted by Crippen LogP contribution is -2.58. The molecule has 1 amide bonds. The normalized spacial score (nSPS) is 44.0. The second-order valence-corrected chi connectivity index (χ2v) is 9.96. The van der Waals surface area contributed by atoms with Crippen molar-refractivity contribution >= 4 is 11.9 Å². The molecule has 0 aromatic carbocycles. The van der Waals surface area contributed by atoms with Crippen LogP contribution in [0.4, 0.5) is 0 Å². The second-order valence-electron chi connectivity index (χ2n) is 9.96. The molecule has 5 fully saturated rings. The van der Waals surface area contributed by atoms with Gasteiger partial charge in [0.2, 0.25) is 0 Å². The van der Waals surface area contributed by atoms with Gasteiger partial charge in [0.1, 0.15) is 0 Å². The minimum atomic E-state index is -0.678. The molecule has 5 heteroatoms. The average Bonchev–Trinajstić information content (AvgIpc) is 2.57. The SMILES string of the molecule is CC1CCC(N(C)C(=O)COC(=O)C23C[C@@H]4C[C@@H](CC(O)(C4)C2)C3)CC1. The van der Waals surface area contributed by atoms with E-state index in [1.165, 1.54) is 0 Å². The fourth-order valence-electron chi connectivity index (χ4n) is 6.67. The van der Waals surface area contributed by atoms with Crippen LogP contribution in [0.2, 0.25) is 0 Å². The minimum Gasteiger partial charge on any atom is -0.455 e. The molecule has 0 radical (unpaired) electrons. The minimum absolute atomic E-state index is 0.0960. The highest BCUT2D eigenvalue weighted by molar-refractivity contribution is 5.83. The lowest BCUT2D eigenvalue weighted by Gasteiger charge is -2.58. The van der Waals surface area contributed by atoms with Gasteiger partial charge in [0, 0.05) is 13.1 Å². The number of aliphatic hydroxyl groups is 1. The van der Waals surface area contributed by atoms with Crippen molar-refractivity contribution in [3.8, 4) is 0 Å². The summed E-state index contributed by atoms with van der Waals surface area (Å²) in [6, 6.07) is 0.276. The molecular weight excluding hydrogens is 330 g/mol. The van der Waals surface area contributed by atoms with Gasteiger partial charge in [-0.05, 0) is 82.0 Å². The number of likely N-dealkylation sites (N-methyl/N-ethyl adjacent to an activating group) is 1. The summed E-state index contributed by atoms with van der Waals surface area (Å²) in [5.41, 5.74) is -1.22. The maximum atomic E-state index is 12.9. The van der Waals surface area contributed by atoms with Gasteiger partial charge in [-0.1, -0.05) is 6.92 Å². The van der Waals surface area contributed by atoms with Crippen molar-refractivity contribution in [2.24, 2.45) is 23.2 Å². The van der Waals surface area contributed by atoms with Gasteiger partial charge >= 0.3 is 5.97 Å². The summed E-state index contributed by atoms with van der Waals surface area (Å²) in [6.07, 6.45) is 9.38. The van der Waals surface area contributed by atoms with Gasteiger partial charge in [-0.3, -0.25) is 9.59 Å². The van der Waals surface area contributed by atoms with Gasteiger partial charge in [-0.25, -0.2) is 0 Å². The highest BCUT2D eigenvalue weighted by Crippen LogP contribution is 2.61. The lowest BCUT2D eigenvalue weighted by atomic mass is 9.48. The van der Waals surface area contributed by atoms with Gasteiger partial charge in [-0.2, -0.15) is 0 Å². The number of carbonyl (C=O) groups is 2. The Kier molecular flexibility index (Phi) is 4.57. The summed E-state index contributed by atoms with van der Waals surface area (Å²) in [5, 5.41) is 10.8. The molecule has 5 aliphatic carbocycles. The van der Waals surface area contributed by atoms with Gasteiger partial charge in [0.15, 0.2) is 6.61 Å². The van der Waals surface area contributed by atoms with Crippen LogP contribution < -0.4 is 0 Å². The third kappa shape index (κ3) is 3.28. The second kappa shape index (κ2) is 6.50. The number of carbonyl (C=O) groups excluding carboxylic acids is 2. The third-order valence-corrected chi connectivity index (χ3v) is 7.72. The predicted molar refractivity (Wildman–Crippen MR) is 97.2 cm³/mol. The molecule has 5 rings (SSSR count). The number of rotatable bonds is 4. The molecule has 1 N–H and O–H groups in total. The van der Waals surface area contributed by atoms with Crippen LogP contribution in [0.5, 0.6) is 0 Å². The van der Waals surface area contributed by atoms with Crippen LogP contribution in [-0.4, -0.2) is 47.2 Å². The van der Waals surface area contributed by atoms with E-state index in [4.69, 9.17) is 4.74 Å². The highest BCUT2D eigenvalue weighted by atomic mass is 16.5. The first-order valence-electron chi connectivity index (χ1n) is 10.4. The zero-order valence-corrected chi connectivity index (χ0v) is 16.2. The Morgan fingerprint density at radius 3 is 2.27 bits per heavy atom. The first-order valence-corrected chi connectivity index (χ1v) is 10.4. The van der Waals surface area contributed by atoms with Crippen LogP contribution in [0.3, 0.4) is 0 Å². The average molecular weight is 363 g/mol. The van der Waals surface area contributed by atoms with E-state index in [1.54, 1.807) is 4.90 Å². The van der Waals surface area contributed by atoms with Crippen LogP contribution in [0.1, 0.15) is 71.1 Å². The van der Waals surface area contributed by atoms with Crippen molar-refractivity contribution in [2.75, 3.05) is 13.7 Å². The van der Waals surface area contributed by atoms with E-state index in [9.17, 15) is 14.7 Å². The summed E-state index contributed by atoms with van der Waals surface area (Å²) < 4.78 is 5.53. The first kappa shape index (κ1) is 18.3. The van der Waals surface area contributed by atoms with Crippen LogP contribution in [0.25, 0.3) is 0 Å². The summed E-state index contributed by atoms with van der Waals surface area (Å²) in [7, 11) is 1.84. The number of nitrogens with zero attached hydrogens (tertiary/aromatic N) is 1. The van der Waals surface area contributed by atoms with Gasteiger partial charge in [0.25, 0.3) is 5.91 Å². The number of esters is 1. The third-order valence-electron chi connectivity index (χ3n) is 7.72. The number of hydrogen-bond acceptors (Lipinski definition) is 4. The molecule has 5 nitrogen and oxygen atoms in total. The molecule has 146 valence electrons. The van der Waals surface area contributed by atoms with E-state index in [0.717, 1.165) is 63.7 Å². The van der Waals surface area contributed by atoms with Gasteiger partial charge in [0.05, 0.1) is 11.0 Å². The summed E-state index contributed by atoms with van der Waals surface area (Å²) >= 11 is 0. The molecule has 2 unspecified atom stereocenters. The number of ether oxygens (including phenoxy) is 1. The van der Waals surface area contributed by atoms with E-state index >= 15 is 0 Å². The van der Waals surface area contributed by atoms with Crippen molar-refractivity contribution in [2.45, 2.75) is 82.8 Å². The lowest BCUT2D eigenvalue weighted by molar-refractivity contribution is -0.197. The molecule has 0 aliphatic heterocycles. The summed E-state index contributed by atoms with van der Waals surface area (Å²) in [6.45, 7) is 2.11. The van der Waals surface area contributed by atoms with Crippen LogP contribution in [0, 0.1) is 23.2 Å². The zero-order valence-electron chi connectivity index (χ0n) is 16.2. The number of amides is 1. The fourth-order valence-corrected chi connectivity index (χ4v) is 6.67. The molecule has 4 bridgehead atoms. The molecule has 4 atom stereocenters. The Bertz CT molecular complexity index is 567. The molecule has 5 saturated carbocycles. The predicted octanol–water partition coefficient (Wildman–Crippen LogP) is 2.90. The number of hydrogen-bond donors (Lipinski definition) is 1. The molecule has 0 heterocycles. The maximum Gasteiger partial charge on any atom is 0.312 e. The largest absolute Gasteiger partial charge is 0.455 e. The zero-order chi connectivity index (χ0) is 18.5. The van der Waals surface area contributed by atoms with E-state index in [1.807, 2.05) is 7.05 Å². The van der Waals surface area contributed by atoms with Crippen LogP contribution in [0.15, 0.2) is 0 Å². The van der Waals surface area contributed by atoms with Crippen molar-refractivity contribution < 1.29 is 19.4 Å². The van der Waals surface area contributed by atoms with Crippen LogP contribution >= 0.6 is 0 Å².